The van der Waals surface area contributed by atoms with Crippen LogP contribution in [0.2, 0.25) is 0 Å². The minimum absolute atomic E-state index is 0.0549. The minimum Gasteiger partial charge on any atom is -0.341 e. The number of alkyl halides is 3. The topological polar surface area (TPSA) is 52.7 Å². The van der Waals surface area contributed by atoms with E-state index in [1.54, 1.807) is 11.0 Å². The van der Waals surface area contributed by atoms with E-state index < -0.39 is 5.51 Å². The Bertz CT molecular complexity index is 977. The van der Waals surface area contributed by atoms with E-state index in [1.165, 1.54) is 18.2 Å². The molecule has 0 unspecified atom stereocenters. The van der Waals surface area contributed by atoms with Crippen LogP contribution >= 0.6 is 11.8 Å². The number of amides is 2. The second-order valence-electron chi connectivity index (χ2n) is 8.20. The molecule has 2 aromatic rings. The molecule has 2 amide bonds. The number of carbonyl (C=O) groups excluding carboxylic acids is 2. The molecule has 0 bridgehead atoms. The number of para-hydroxylation sites is 1. The monoisotopic (exact) mass is 479 g/mol. The van der Waals surface area contributed by atoms with Crippen LogP contribution in [0.3, 0.4) is 0 Å². The van der Waals surface area contributed by atoms with Gasteiger partial charge in [0.15, 0.2) is 0 Å². The molecule has 1 aliphatic heterocycles. The molecule has 33 heavy (non-hydrogen) atoms. The number of benzene rings is 2. The number of anilines is 1. The van der Waals surface area contributed by atoms with E-state index in [-0.39, 0.29) is 41.4 Å². The lowest BCUT2D eigenvalue weighted by atomic mass is 10.1. The van der Waals surface area contributed by atoms with Crippen LogP contribution in [0, 0.1) is 13.8 Å². The summed E-state index contributed by atoms with van der Waals surface area (Å²) in [6, 6.07) is 11.9. The molecule has 178 valence electrons. The molecule has 0 aliphatic carbocycles. The average molecular weight is 480 g/mol. The highest BCUT2D eigenvalue weighted by Crippen LogP contribution is 2.37. The lowest BCUT2D eigenvalue weighted by Crippen LogP contribution is -2.38. The predicted octanol–water partition coefficient (Wildman–Crippen LogP) is 4.63. The maximum absolute atomic E-state index is 12.8. The zero-order valence-electron chi connectivity index (χ0n) is 18.7. The van der Waals surface area contributed by atoms with Gasteiger partial charge in [-0.3, -0.25) is 14.5 Å². The zero-order valence-corrected chi connectivity index (χ0v) is 19.6. The first-order valence-corrected chi connectivity index (χ1v) is 11.6. The van der Waals surface area contributed by atoms with E-state index in [1.807, 2.05) is 36.9 Å². The number of halogens is 3. The molecule has 1 heterocycles. The van der Waals surface area contributed by atoms with Crippen LogP contribution in [0.1, 0.15) is 23.1 Å². The highest BCUT2D eigenvalue weighted by atomic mass is 32.2. The third-order valence-electron chi connectivity index (χ3n) is 5.54. The number of nitrogens with one attached hydrogen (secondary N) is 1. The summed E-state index contributed by atoms with van der Waals surface area (Å²) in [4.78, 5) is 29.2. The molecular weight excluding hydrogens is 451 g/mol. The number of nitrogens with zero attached hydrogens (tertiary/aromatic N) is 2. The summed E-state index contributed by atoms with van der Waals surface area (Å²) in [5.74, 6) is -0.211. The Morgan fingerprint density at radius 1 is 1.00 bits per heavy atom. The maximum Gasteiger partial charge on any atom is 0.446 e. The number of rotatable bonds is 6. The van der Waals surface area contributed by atoms with E-state index in [9.17, 15) is 22.8 Å². The van der Waals surface area contributed by atoms with E-state index in [0.717, 1.165) is 23.2 Å². The van der Waals surface area contributed by atoms with Gasteiger partial charge in [0, 0.05) is 36.8 Å². The Balaban J connectivity index is 1.52. The van der Waals surface area contributed by atoms with Crippen molar-refractivity contribution in [2.24, 2.45) is 0 Å². The van der Waals surface area contributed by atoms with Crippen LogP contribution in [0.15, 0.2) is 47.4 Å². The van der Waals surface area contributed by atoms with Gasteiger partial charge in [0.05, 0.1) is 13.0 Å². The average Bonchev–Trinajstić information content (AvgIpc) is 2.95. The maximum atomic E-state index is 12.8. The van der Waals surface area contributed by atoms with Crippen molar-refractivity contribution in [2.45, 2.75) is 37.1 Å². The van der Waals surface area contributed by atoms with Crippen molar-refractivity contribution in [1.29, 1.82) is 0 Å². The van der Waals surface area contributed by atoms with Gasteiger partial charge < -0.3 is 10.2 Å². The van der Waals surface area contributed by atoms with E-state index in [0.29, 0.717) is 31.7 Å². The van der Waals surface area contributed by atoms with Gasteiger partial charge in [-0.15, -0.1) is 0 Å². The van der Waals surface area contributed by atoms with E-state index in [4.69, 9.17) is 0 Å². The molecule has 0 spiro atoms. The second kappa shape index (κ2) is 11.1. The van der Waals surface area contributed by atoms with Crippen molar-refractivity contribution in [3.05, 3.63) is 59.2 Å². The van der Waals surface area contributed by atoms with Gasteiger partial charge in [0.2, 0.25) is 11.8 Å². The quantitative estimate of drug-likeness (QED) is 0.614. The molecule has 1 fully saturated rings. The number of thioether (sulfide) groups is 1. The smallest absolute Gasteiger partial charge is 0.341 e. The normalized spacial score (nSPS) is 15.2. The molecule has 0 atom stereocenters. The summed E-state index contributed by atoms with van der Waals surface area (Å²) in [5, 5.41) is 2.99. The van der Waals surface area contributed by atoms with Crippen molar-refractivity contribution >= 4 is 29.3 Å². The van der Waals surface area contributed by atoms with Crippen LogP contribution in [-0.4, -0.2) is 59.8 Å². The Labute approximate surface area is 196 Å². The summed E-state index contributed by atoms with van der Waals surface area (Å²) in [5.41, 5.74) is -0.952. The Kier molecular flexibility index (Phi) is 8.42. The fourth-order valence-electron chi connectivity index (χ4n) is 3.91. The fraction of sp³-hybridized carbons (Fsp3) is 0.417. The summed E-state index contributed by atoms with van der Waals surface area (Å²) in [6.07, 6.45) is 0.783. The SMILES string of the molecule is Cc1cccc(C)c1NC(=O)CN1CCCN(C(=O)Cc2cccc(SC(F)(F)F)c2)CC1. The van der Waals surface area contributed by atoms with Crippen molar-refractivity contribution in [3.63, 3.8) is 0 Å². The molecule has 5 nitrogen and oxygen atoms in total. The van der Waals surface area contributed by atoms with Crippen molar-refractivity contribution in [2.75, 3.05) is 38.0 Å². The van der Waals surface area contributed by atoms with Gasteiger partial charge in [-0.05, 0) is 60.9 Å². The Morgan fingerprint density at radius 2 is 1.70 bits per heavy atom. The molecule has 1 aliphatic rings. The van der Waals surface area contributed by atoms with Crippen LogP contribution in [-0.2, 0) is 16.0 Å². The molecule has 0 saturated carbocycles. The summed E-state index contributed by atoms with van der Waals surface area (Å²) >= 11 is -0.180. The van der Waals surface area contributed by atoms with Crippen molar-refractivity contribution in [1.82, 2.24) is 9.80 Å². The van der Waals surface area contributed by atoms with Crippen molar-refractivity contribution < 1.29 is 22.8 Å². The summed E-state index contributed by atoms with van der Waals surface area (Å²) < 4.78 is 37.8. The first kappa shape index (κ1) is 25.1. The van der Waals surface area contributed by atoms with Crippen LogP contribution in [0.25, 0.3) is 0 Å². The number of aryl methyl sites for hydroxylation is 2. The molecule has 1 saturated heterocycles. The van der Waals surface area contributed by atoms with E-state index >= 15 is 0 Å². The van der Waals surface area contributed by atoms with E-state index in [2.05, 4.69) is 5.32 Å². The molecule has 1 N–H and O–H groups in total. The van der Waals surface area contributed by atoms with Crippen LogP contribution < -0.4 is 5.32 Å². The summed E-state index contributed by atoms with van der Waals surface area (Å²) in [7, 11) is 0. The minimum atomic E-state index is -4.36. The van der Waals surface area contributed by atoms with Crippen LogP contribution in [0.4, 0.5) is 18.9 Å². The standard InChI is InChI=1S/C24H28F3N3O2S/c1-17-6-3-7-18(2)23(17)28-21(31)16-29-10-5-11-30(13-12-29)22(32)15-19-8-4-9-20(14-19)33-24(25,26)27/h3-4,6-9,14H,5,10-13,15-16H2,1-2H3,(H,28,31). The Hall–Kier alpha value is -2.52. The van der Waals surface area contributed by atoms with Gasteiger partial charge in [-0.2, -0.15) is 13.2 Å². The Morgan fingerprint density at radius 3 is 2.39 bits per heavy atom. The molecule has 2 aromatic carbocycles. The third kappa shape index (κ3) is 7.78. The molecule has 3 rings (SSSR count). The predicted molar refractivity (Wildman–Crippen MR) is 124 cm³/mol. The van der Waals surface area contributed by atoms with Crippen molar-refractivity contribution in [3.8, 4) is 0 Å². The fourth-order valence-corrected chi connectivity index (χ4v) is 4.54. The highest BCUT2D eigenvalue weighted by Gasteiger charge is 2.29. The lowest BCUT2D eigenvalue weighted by molar-refractivity contribution is -0.130. The molecule has 0 aromatic heterocycles. The number of hydrogen-bond acceptors (Lipinski definition) is 4. The molecule has 9 heteroatoms. The van der Waals surface area contributed by atoms with Gasteiger partial charge in [-0.25, -0.2) is 0 Å². The molecular formula is C24H28F3N3O2S. The third-order valence-corrected chi connectivity index (χ3v) is 6.26. The van der Waals surface area contributed by atoms with Gasteiger partial charge in [0.1, 0.15) is 0 Å². The summed E-state index contributed by atoms with van der Waals surface area (Å²) in [6.45, 7) is 6.45. The van der Waals surface area contributed by atoms with Gasteiger partial charge in [-0.1, -0.05) is 30.3 Å². The van der Waals surface area contributed by atoms with Gasteiger partial charge >= 0.3 is 5.51 Å². The largest absolute Gasteiger partial charge is 0.446 e. The second-order valence-corrected chi connectivity index (χ2v) is 9.34. The number of hydrogen-bond donors (Lipinski definition) is 1. The lowest BCUT2D eigenvalue weighted by Gasteiger charge is -2.22. The zero-order chi connectivity index (χ0) is 24.0. The highest BCUT2D eigenvalue weighted by molar-refractivity contribution is 8.00. The first-order valence-electron chi connectivity index (χ1n) is 10.8. The van der Waals surface area contributed by atoms with Crippen LogP contribution in [0.5, 0.6) is 0 Å². The number of carbonyl (C=O) groups is 2. The van der Waals surface area contributed by atoms with Gasteiger partial charge in [0.25, 0.3) is 0 Å². The molecule has 0 radical (unpaired) electrons. The first-order chi connectivity index (χ1) is 15.6.